The van der Waals surface area contributed by atoms with Crippen LogP contribution < -0.4 is 5.73 Å². The fraction of sp³-hybridized carbons (Fsp3) is 0.333. The molecule has 0 radical (unpaired) electrons. The van der Waals surface area contributed by atoms with E-state index in [4.69, 9.17) is 5.73 Å². The van der Waals surface area contributed by atoms with Gasteiger partial charge in [0.15, 0.2) is 0 Å². The first-order valence-electron chi connectivity index (χ1n) is 2.45. The monoisotopic (exact) mass is 97.1 g/mol. The standard InChI is InChI=1S/C6H11N/c1-2-3-4-5-6-7/h3-6H,2,7H2,1H3/b4-3+,6-5-. The van der Waals surface area contributed by atoms with Crippen LogP contribution in [0.2, 0.25) is 0 Å². The molecule has 0 aromatic heterocycles. The molecule has 0 aliphatic heterocycles. The Morgan fingerprint density at radius 1 is 1.43 bits per heavy atom. The lowest BCUT2D eigenvalue weighted by molar-refractivity contribution is 1.22. The molecule has 0 bridgehead atoms. The molecule has 0 atom stereocenters. The third-order valence-corrected chi connectivity index (χ3v) is 0.594. The van der Waals surface area contributed by atoms with E-state index in [0.29, 0.717) is 0 Å². The minimum Gasteiger partial charge on any atom is -0.405 e. The van der Waals surface area contributed by atoms with Crippen molar-refractivity contribution in [2.45, 2.75) is 13.3 Å². The van der Waals surface area contributed by atoms with E-state index in [0.717, 1.165) is 6.42 Å². The van der Waals surface area contributed by atoms with Gasteiger partial charge in [-0.3, -0.25) is 0 Å². The number of rotatable bonds is 2. The molecule has 0 saturated heterocycles. The van der Waals surface area contributed by atoms with Gasteiger partial charge in [-0.05, 0) is 18.7 Å². The van der Waals surface area contributed by atoms with E-state index in [1.807, 2.05) is 18.2 Å². The number of hydrogen-bond acceptors (Lipinski definition) is 1. The zero-order chi connectivity index (χ0) is 5.54. The zero-order valence-corrected chi connectivity index (χ0v) is 4.59. The molecule has 0 heterocycles. The average molecular weight is 97.2 g/mol. The maximum Gasteiger partial charge on any atom is -0.00625 e. The number of hydrogen-bond donors (Lipinski definition) is 1. The molecule has 0 fully saturated rings. The molecule has 1 nitrogen and oxygen atoms in total. The second kappa shape index (κ2) is 5.28. The smallest absolute Gasteiger partial charge is 0.00625 e. The molecule has 7 heavy (non-hydrogen) atoms. The summed E-state index contributed by atoms with van der Waals surface area (Å²) in [6, 6.07) is 0. The van der Waals surface area contributed by atoms with Crippen molar-refractivity contribution in [2.75, 3.05) is 0 Å². The van der Waals surface area contributed by atoms with Gasteiger partial charge in [0.2, 0.25) is 0 Å². The van der Waals surface area contributed by atoms with Crippen molar-refractivity contribution in [2.24, 2.45) is 5.73 Å². The summed E-state index contributed by atoms with van der Waals surface area (Å²) in [7, 11) is 0. The third-order valence-electron chi connectivity index (χ3n) is 0.594. The largest absolute Gasteiger partial charge is 0.405 e. The maximum absolute atomic E-state index is 5.04. The third kappa shape index (κ3) is 5.28. The quantitative estimate of drug-likeness (QED) is 0.518. The van der Waals surface area contributed by atoms with Gasteiger partial charge in [-0.1, -0.05) is 19.1 Å². The maximum atomic E-state index is 5.04. The Kier molecular flexibility index (Phi) is 4.74. The molecule has 0 amide bonds. The van der Waals surface area contributed by atoms with Gasteiger partial charge in [-0.25, -0.2) is 0 Å². The summed E-state index contributed by atoms with van der Waals surface area (Å²) in [5.41, 5.74) is 5.04. The highest BCUT2D eigenvalue weighted by Gasteiger charge is 1.57. The minimum atomic E-state index is 1.07. The van der Waals surface area contributed by atoms with Crippen molar-refractivity contribution in [1.82, 2.24) is 0 Å². The van der Waals surface area contributed by atoms with E-state index in [9.17, 15) is 0 Å². The molecule has 0 spiro atoms. The lowest BCUT2D eigenvalue weighted by Gasteiger charge is -1.70. The molecular formula is C6H11N. The summed E-state index contributed by atoms with van der Waals surface area (Å²) < 4.78 is 0. The SMILES string of the molecule is CC/C=C/C=C\N. The summed E-state index contributed by atoms with van der Waals surface area (Å²) in [6.07, 6.45) is 8.38. The Morgan fingerprint density at radius 3 is 2.57 bits per heavy atom. The first-order valence-corrected chi connectivity index (χ1v) is 2.45. The Morgan fingerprint density at radius 2 is 2.14 bits per heavy atom. The molecule has 0 aliphatic carbocycles. The van der Waals surface area contributed by atoms with Crippen molar-refractivity contribution < 1.29 is 0 Å². The Hall–Kier alpha value is -0.720. The molecule has 2 N–H and O–H groups in total. The zero-order valence-electron chi connectivity index (χ0n) is 4.59. The van der Waals surface area contributed by atoms with Gasteiger partial charge in [-0.15, -0.1) is 0 Å². The molecule has 0 saturated carbocycles. The Bertz CT molecular complexity index is 72.2. The van der Waals surface area contributed by atoms with Crippen LogP contribution in [0.3, 0.4) is 0 Å². The lowest BCUT2D eigenvalue weighted by atomic mass is 10.4. The fourth-order valence-electron chi connectivity index (χ4n) is 0.279. The fourth-order valence-corrected chi connectivity index (χ4v) is 0.279. The van der Waals surface area contributed by atoms with Crippen LogP contribution in [0.1, 0.15) is 13.3 Å². The summed E-state index contributed by atoms with van der Waals surface area (Å²) in [6.45, 7) is 2.08. The molecule has 0 rings (SSSR count). The van der Waals surface area contributed by atoms with E-state index in [1.54, 1.807) is 0 Å². The first kappa shape index (κ1) is 6.28. The molecule has 0 unspecified atom stereocenters. The van der Waals surface area contributed by atoms with Crippen molar-refractivity contribution in [3.8, 4) is 0 Å². The van der Waals surface area contributed by atoms with Crippen LogP contribution in [0.25, 0.3) is 0 Å². The van der Waals surface area contributed by atoms with E-state index in [2.05, 4.69) is 6.92 Å². The van der Waals surface area contributed by atoms with Gasteiger partial charge >= 0.3 is 0 Å². The van der Waals surface area contributed by atoms with Crippen molar-refractivity contribution in [1.29, 1.82) is 0 Å². The first-order chi connectivity index (χ1) is 3.41. The molecule has 0 aromatic rings. The van der Waals surface area contributed by atoms with E-state index in [1.165, 1.54) is 6.20 Å². The molecule has 40 valence electrons. The number of allylic oxidation sites excluding steroid dienone is 3. The van der Waals surface area contributed by atoms with Crippen molar-refractivity contribution >= 4 is 0 Å². The van der Waals surface area contributed by atoms with Crippen molar-refractivity contribution in [3.05, 3.63) is 24.4 Å². The van der Waals surface area contributed by atoms with E-state index in [-0.39, 0.29) is 0 Å². The number of nitrogens with two attached hydrogens (primary N) is 1. The topological polar surface area (TPSA) is 26.0 Å². The van der Waals surface area contributed by atoms with Gasteiger partial charge in [0.25, 0.3) is 0 Å². The van der Waals surface area contributed by atoms with Gasteiger partial charge in [-0.2, -0.15) is 0 Å². The van der Waals surface area contributed by atoms with Crippen LogP contribution >= 0.6 is 0 Å². The van der Waals surface area contributed by atoms with Crippen LogP contribution in [0.5, 0.6) is 0 Å². The highest BCUT2D eigenvalue weighted by atomic mass is 14.5. The predicted octanol–water partition coefficient (Wildman–Crippen LogP) is 1.43. The average Bonchev–Trinajstić information content (AvgIpc) is 1.69. The molecule has 1 heteroatoms. The minimum absolute atomic E-state index is 1.07. The molecule has 0 aliphatic rings. The van der Waals surface area contributed by atoms with E-state index >= 15 is 0 Å². The van der Waals surface area contributed by atoms with Crippen LogP contribution in [0, 0.1) is 0 Å². The Balaban J connectivity index is 3.09. The highest BCUT2D eigenvalue weighted by Crippen LogP contribution is 1.77. The van der Waals surface area contributed by atoms with Crippen LogP contribution in [-0.2, 0) is 0 Å². The summed E-state index contributed by atoms with van der Waals surface area (Å²) in [5.74, 6) is 0. The summed E-state index contributed by atoms with van der Waals surface area (Å²) >= 11 is 0. The summed E-state index contributed by atoms with van der Waals surface area (Å²) in [4.78, 5) is 0. The van der Waals surface area contributed by atoms with Gasteiger partial charge in [0.1, 0.15) is 0 Å². The summed E-state index contributed by atoms with van der Waals surface area (Å²) in [5, 5.41) is 0. The van der Waals surface area contributed by atoms with Gasteiger partial charge in [0.05, 0.1) is 0 Å². The Labute approximate surface area is 44.5 Å². The molecular weight excluding hydrogens is 86.1 g/mol. The van der Waals surface area contributed by atoms with Crippen LogP contribution in [0.4, 0.5) is 0 Å². The van der Waals surface area contributed by atoms with Crippen molar-refractivity contribution in [3.63, 3.8) is 0 Å². The predicted molar refractivity (Wildman–Crippen MR) is 32.8 cm³/mol. The van der Waals surface area contributed by atoms with Gasteiger partial charge in [0, 0.05) is 0 Å². The van der Waals surface area contributed by atoms with Crippen LogP contribution in [-0.4, -0.2) is 0 Å². The normalized spacial score (nSPS) is 11.6. The van der Waals surface area contributed by atoms with E-state index < -0.39 is 0 Å². The molecule has 0 aromatic carbocycles. The second-order valence-corrected chi connectivity index (χ2v) is 1.22. The van der Waals surface area contributed by atoms with Crippen LogP contribution in [0.15, 0.2) is 24.4 Å². The highest BCUT2D eigenvalue weighted by molar-refractivity contribution is 4.99. The lowest BCUT2D eigenvalue weighted by Crippen LogP contribution is -1.71. The van der Waals surface area contributed by atoms with Gasteiger partial charge < -0.3 is 5.73 Å². The second-order valence-electron chi connectivity index (χ2n) is 1.22.